The molecular formula is C4H7NOSi. The molecule has 0 saturated heterocycles. The lowest BCUT2D eigenvalue weighted by atomic mass is 10.4. The highest BCUT2D eigenvalue weighted by Gasteiger charge is 2.01. The van der Waals surface area contributed by atoms with Crippen molar-refractivity contribution in [1.29, 1.82) is 5.26 Å². The van der Waals surface area contributed by atoms with Crippen LogP contribution in [0.1, 0.15) is 13.3 Å². The maximum Gasteiger partial charge on any atom is 0.243 e. The topological polar surface area (TPSA) is 44.0 Å². The van der Waals surface area contributed by atoms with Crippen LogP contribution in [0, 0.1) is 11.3 Å². The summed E-state index contributed by atoms with van der Waals surface area (Å²) >= 11 is 0. The largest absolute Gasteiger partial charge is 0.430 e. The minimum atomic E-state index is -0.212. The Morgan fingerprint density at radius 1 is 2.00 bits per heavy atom. The van der Waals surface area contributed by atoms with E-state index < -0.39 is 0 Å². The highest BCUT2D eigenvalue weighted by atomic mass is 28.2. The van der Waals surface area contributed by atoms with Crippen molar-refractivity contribution in [1.82, 2.24) is 0 Å². The van der Waals surface area contributed by atoms with Gasteiger partial charge in [-0.05, 0) is 6.42 Å². The van der Waals surface area contributed by atoms with Crippen LogP contribution < -0.4 is 0 Å². The molecule has 0 aromatic carbocycles. The third kappa shape index (κ3) is 2.37. The minimum Gasteiger partial charge on any atom is -0.430 e. The molecule has 2 radical (unpaired) electrons. The summed E-state index contributed by atoms with van der Waals surface area (Å²) in [5, 5.41) is 8.12. The zero-order valence-corrected chi connectivity index (χ0v) is 5.18. The lowest BCUT2D eigenvalue weighted by molar-refractivity contribution is 0.587. The molecule has 1 unspecified atom stereocenters. The summed E-state index contributed by atoms with van der Waals surface area (Å²) in [6.07, 6.45) is 0.755. The van der Waals surface area contributed by atoms with Crippen molar-refractivity contribution in [2.24, 2.45) is 0 Å². The van der Waals surface area contributed by atoms with E-state index in [2.05, 4.69) is 0 Å². The van der Waals surface area contributed by atoms with Crippen molar-refractivity contribution in [2.45, 2.75) is 18.9 Å². The Bertz CT molecular complexity index is 74.2. The Morgan fingerprint density at radius 2 is 2.57 bits per heavy atom. The predicted molar refractivity (Wildman–Crippen MR) is 27.6 cm³/mol. The van der Waals surface area contributed by atoms with Crippen LogP contribution in [0.3, 0.4) is 0 Å². The van der Waals surface area contributed by atoms with Gasteiger partial charge < -0.3 is 4.80 Å². The van der Waals surface area contributed by atoms with Crippen molar-refractivity contribution in [3.63, 3.8) is 0 Å². The number of hydrogen-bond donors (Lipinski definition) is 1. The Labute approximate surface area is 45.7 Å². The average Bonchev–Trinajstić information content (AvgIpc) is 1.72. The molecule has 0 heterocycles. The second-order valence-corrected chi connectivity index (χ2v) is 2.17. The highest BCUT2D eigenvalue weighted by molar-refractivity contribution is 6.29. The van der Waals surface area contributed by atoms with Crippen LogP contribution in [-0.2, 0) is 0 Å². The van der Waals surface area contributed by atoms with Crippen molar-refractivity contribution in [3.8, 4) is 6.07 Å². The smallest absolute Gasteiger partial charge is 0.243 e. The van der Waals surface area contributed by atoms with E-state index in [0.29, 0.717) is 0 Å². The molecular weight excluding hydrogens is 106 g/mol. The van der Waals surface area contributed by atoms with E-state index >= 15 is 0 Å². The fourth-order valence-corrected chi connectivity index (χ4v) is 0.452. The first-order valence-electron chi connectivity index (χ1n) is 2.14. The van der Waals surface area contributed by atoms with E-state index in [1.54, 1.807) is 0 Å². The van der Waals surface area contributed by atoms with Gasteiger partial charge in [0.2, 0.25) is 9.76 Å². The molecule has 38 valence electrons. The maximum atomic E-state index is 8.33. The molecule has 0 aliphatic carbocycles. The van der Waals surface area contributed by atoms with Crippen molar-refractivity contribution in [3.05, 3.63) is 0 Å². The van der Waals surface area contributed by atoms with Crippen LogP contribution in [0.2, 0.25) is 5.54 Å². The van der Waals surface area contributed by atoms with Crippen LogP contribution >= 0.6 is 0 Å². The Hall–Kier alpha value is -0.333. The fourth-order valence-electron chi connectivity index (χ4n) is 0.211. The molecule has 3 heteroatoms. The molecule has 0 spiro atoms. The van der Waals surface area contributed by atoms with Gasteiger partial charge in [0.1, 0.15) is 0 Å². The second kappa shape index (κ2) is 3.84. The van der Waals surface area contributed by atoms with Gasteiger partial charge in [0, 0.05) is 0 Å². The molecule has 0 aromatic heterocycles. The van der Waals surface area contributed by atoms with E-state index in [1.807, 2.05) is 13.0 Å². The summed E-state index contributed by atoms with van der Waals surface area (Å²) in [4.78, 5) is 8.33. The summed E-state index contributed by atoms with van der Waals surface area (Å²) in [7, 11) is -0.212. The summed E-state index contributed by atoms with van der Waals surface area (Å²) in [6, 6.07) is 1.96. The number of rotatable bonds is 2. The molecule has 1 N–H and O–H groups in total. The molecule has 0 bridgehead atoms. The van der Waals surface area contributed by atoms with Gasteiger partial charge in [-0.2, -0.15) is 5.26 Å². The Kier molecular flexibility index (Phi) is 3.66. The zero-order chi connectivity index (χ0) is 5.70. The van der Waals surface area contributed by atoms with Crippen LogP contribution in [0.5, 0.6) is 0 Å². The van der Waals surface area contributed by atoms with Gasteiger partial charge in [0.25, 0.3) is 0 Å². The van der Waals surface area contributed by atoms with E-state index in [0.717, 1.165) is 6.42 Å². The van der Waals surface area contributed by atoms with Gasteiger partial charge in [-0.1, -0.05) is 6.92 Å². The molecule has 0 rings (SSSR count). The monoisotopic (exact) mass is 113 g/mol. The van der Waals surface area contributed by atoms with Crippen LogP contribution in [0.25, 0.3) is 0 Å². The first-order valence-corrected chi connectivity index (χ1v) is 3.16. The lowest BCUT2D eigenvalue weighted by Crippen LogP contribution is -1.96. The molecule has 0 aliphatic heterocycles. The first kappa shape index (κ1) is 6.67. The van der Waals surface area contributed by atoms with Gasteiger partial charge in [-0.15, -0.1) is 0 Å². The summed E-state index contributed by atoms with van der Waals surface area (Å²) < 4.78 is 0. The molecule has 0 aliphatic rings. The standard InChI is InChI=1S/C4H7NOSi/c1-2-4(3-5)7-6/h4,6H,2H2,1H3. The second-order valence-electron chi connectivity index (χ2n) is 1.22. The molecule has 0 aromatic rings. The van der Waals surface area contributed by atoms with Gasteiger partial charge in [0.15, 0.2) is 0 Å². The van der Waals surface area contributed by atoms with Crippen molar-refractivity contribution < 1.29 is 4.80 Å². The zero-order valence-electron chi connectivity index (χ0n) is 4.18. The predicted octanol–water partition coefficient (Wildman–Crippen LogP) is 0.320. The van der Waals surface area contributed by atoms with Gasteiger partial charge in [0.05, 0.1) is 11.6 Å². The van der Waals surface area contributed by atoms with Crippen LogP contribution in [-0.4, -0.2) is 14.6 Å². The maximum absolute atomic E-state index is 8.33. The number of hydrogen-bond acceptors (Lipinski definition) is 2. The molecule has 0 saturated carbocycles. The quantitative estimate of drug-likeness (QED) is 0.524. The summed E-state index contributed by atoms with van der Waals surface area (Å²) in [5.74, 6) is 0. The average molecular weight is 113 g/mol. The van der Waals surface area contributed by atoms with Crippen molar-refractivity contribution in [2.75, 3.05) is 0 Å². The number of nitriles is 1. The SMILES string of the molecule is CCC(C#N)[Si]O. The number of nitrogens with zero attached hydrogens (tertiary/aromatic N) is 1. The lowest BCUT2D eigenvalue weighted by Gasteiger charge is -1.92. The van der Waals surface area contributed by atoms with Gasteiger partial charge >= 0.3 is 0 Å². The minimum absolute atomic E-state index is 0.125. The molecule has 2 nitrogen and oxygen atoms in total. The van der Waals surface area contributed by atoms with E-state index in [9.17, 15) is 0 Å². The Morgan fingerprint density at radius 3 is 2.57 bits per heavy atom. The Balaban J connectivity index is 3.23. The third-order valence-corrected chi connectivity index (χ3v) is 1.57. The normalized spacial score (nSPS) is 12.7. The fraction of sp³-hybridized carbons (Fsp3) is 0.750. The van der Waals surface area contributed by atoms with Crippen molar-refractivity contribution >= 4 is 9.76 Å². The summed E-state index contributed by atoms with van der Waals surface area (Å²) in [5.41, 5.74) is -0.125. The summed E-state index contributed by atoms with van der Waals surface area (Å²) in [6.45, 7) is 1.89. The van der Waals surface area contributed by atoms with Gasteiger partial charge in [-0.25, -0.2) is 0 Å². The molecule has 7 heavy (non-hydrogen) atoms. The van der Waals surface area contributed by atoms with E-state index in [-0.39, 0.29) is 15.3 Å². The van der Waals surface area contributed by atoms with E-state index in [1.165, 1.54) is 0 Å². The highest BCUT2D eigenvalue weighted by Crippen LogP contribution is 2.02. The van der Waals surface area contributed by atoms with Gasteiger partial charge in [-0.3, -0.25) is 0 Å². The first-order chi connectivity index (χ1) is 3.35. The molecule has 1 atom stereocenters. The third-order valence-electron chi connectivity index (χ3n) is 0.720. The van der Waals surface area contributed by atoms with Crippen LogP contribution in [0.15, 0.2) is 0 Å². The van der Waals surface area contributed by atoms with Crippen LogP contribution in [0.4, 0.5) is 0 Å². The molecule has 0 amide bonds. The van der Waals surface area contributed by atoms with E-state index in [4.69, 9.17) is 10.1 Å². The molecule has 0 fully saturated rings.